The van der Waals surface area contributed by atoms with Crippen LogP contribution in [-0.4, -0.2) is 12.1 Å². The fourth-order valence-corrected chi connectivity index (χ4v) is 2.61. The van der Waals surface area contributed by atoms with Crippen LogP contribution in [-0.2, 0) is 11.3 Å². The number of ether oxygens (including phenoxy) is 1. The van der Waals surface area contributed by atoms with Gasteiger partial charge in [-0.2, -0.15) is 0 Å². The first-order valence-electron chi connectivity index (χ1n) is 6.94. The topological polar surface area (TPSA) is 48.1 Å². The number of nitrogen functional groups attached to an aromatic ring is 1. The molecule has 0 amide bonds. The normalized spacial score (nSPS) is 11.0. The summed E-state index contributed by atoms with van der Waals surface area (Å²) in [6.45, 7) is 2.55. The Morgan fingerprint density at radius 2 is 1.81 bits per heavy atom. The van der Waals surface area contributed by atoms with Crippen LogP contribution in [0, 0.1) is 6.92 Å². The van der Waals surface area contributed by atoms with Crippen LogP contribution in [0.15, 0.2) is 48.5 Å². The van der Waals surface area contributed by atoms with Gasteiger partial charge in [-0.05, 0) is 12.5 Å². The maximum Gasteiger partial charge on any atom is 0.0785 e. The monoisotopic (exact) mass is 278 g/mol. The summed E-state index contributed by atoms with van der Waals surface area (Å²) in [6, 6.07) is 16.2. The lowest BCUT2D eigenvalue weighted by molar-refractivity contribution is 0.186. The molecule has 2 N–H and O–H groups in total. The van der Waals surface area contributed by atoms with E-state index in [2.05, 4.69) is 12.1 Å². The average Bonchev–Trinajstić information content (AvgIpc) is 2.52. The molecule has 3 aromatic rings. The van der Waals surface area contributed by atoms with Crippen molar-refractivity contribution in [3.63, 3.8) is 0 Å². The van der Waals surface area contributed by atoms with E-state index >= 15 is 0 Å². The van der Waals surface area contributed by atoms with E-state index in [0.29, 0.717) is 6.61 Å². The zero-order valence-electron chi connectivity index (χ0n) is 12.3. The minimum absolute atomic E-state index is 0.529. The second-order valence-corrected chi connectivity index (χ2v) is 5.11. The Kier molecular flexibility index (Phi) is 3.59. The number of nitrogens with two attached hydrogens (primary N) is 1. The predicted octanol–water partition coefficient (Wildman–Crippen LogP) is 3.94. The van der Waals surface area contributed by atoms with Crippen LogP contribution < -0.4 is 5.73 Å². The highest BCUT2D eigenvalue weighted by Crippen LogP contribution is 2.32. The minimum atomic E-state index is 0.529. The number of aromatic nitrogens is 1. The summed E-state index contributed by atoms with van der Waals surface area (Å²) in [7, 11) is 1.69. The third-order valence-corrected chi connectivity index (χ3v) is 3.74. The molecule has 0 aliphatic heterocycles. The Morgan fingerprint density at radius 1 is 1.05 bits per heavy atom. The molecule has 0 aliphatic carbocycles. The molecule has 0 saturated heterocycles. The van der Waals surface area contributed by atoms with Gasteiger partial charge in [-0.1, -0.05) is 48.5 Å². The van der Waals surface area contributed by atoms with Crippen molar-refractivity contribution in [3.05, 3.63) is 59.7 Å². The zero-order chi connectivity index (χ0) is 14.8. The van der Waals surface area contributed by atoms with Gasteiger partial charge in [0.15, 0.2) is 0 Å². The maximum absolute atomic E-state index is 6.34. The molecular formula is C18H18N2O. The molecule has 2 aromatic carbocycles. The third-order valence-electron chi connectivity index (χ3n) is 3.74. The lowest BCUT2D eigenvalue weighted by Gasteiger charge is -2.13. The Labute approximate surface area is 124 Å². The van der Waals surface area contributed by atoms with E-state index in [9.17, 15) is 0 Å². The van der Waals surface area contributed by atoms with Crippen molar-refractivity contribution in [1.29, 1.82) is 0 Å². The molecule has 0 bridgehead atoms. The number of nitrogens with zero attached hydrogens (tertiary/aromatic N) is 1. The average molecular weight is 278 g/mol. The summed E-state index contributed by atoms with van der Waals surface area (Å²) in [5.41, 5.74) is 12.1. The van der Waals surface area contributed by atoms with Crippen LogP contribution in [0.4, 0.5) is 5.69 Å². The highest BCUT2D eigenvalue weighted by atomic mass is 16.5. The van der Waals surface area contributed by atoms with E-state index in [-0.39, 0.29) is 0 Å². The number of hydrogen-bond acceptors (Lipinski definition) is 3. The number of pyridine rings is 1. The second kappa shape index (κ2) is 5.54. The highest BCUT2D eigenvalue weighted by Gasteiger charge is 2.13. The molecule has 0 atom stereocenters. The van der Waals surface area contributed by atoms with E-state index in [1.54, 1.807) is 7.11 Å². The van der Waals surface area contributed by atoms with Crippen molar-refractivity contribution < 1.29 is 4.74 Å². The molecule has 1 heterocycles. The highest BCUT2D eigenvalue weighted by molar-refractivity contribution is 5.96. The molecule has 3 heteroatoms. The molecule has 0 unspecified atom stereocenters. The fourth-order valence-electron chi connectivity index (χ4n) is 2.61. The molecule has 0 aliphatic rings. The van der Waals surface area contributed by atoms with Crippen molar-refractivity contribution in [2.24, 2.45) is 0 Å². The van der Waals surface area contributed by atoms with Gasteiger partial charge in [0, 0.05) is 29.3 Å². The van der Waals surface area contributed by atoms with Crippen LogP contribution in [0.5, 0.6) is 0 Å². The molecule has 21 heavy (non-hydrogen) atoms. The molecule has 0 fully saturated rings. The molecule has 106 valence electrons. The number of fused-ring (bicyclic) bond motifs is 1. The van der Waals surface area contributed by atoms with E-state index in [4.69, 9.17) is 15.5 Å². The predicted molar refractivity (Wildman–Crippen MR) is 87.0 cm³/mol. The third kappa shape index (κ3) is 2.36. The number of benzene rings is 2. The van der Waals surface area contributed by atoms with Gasteiger partial charge < -0.3 is 10.5 Å². The summed E-state index contributed by atoms with van der Waals surface area (Å²) in [5.74, 6) is 0. The van der Waals surface area contributed by atoms with Gasteiger partial charge in [-0.25, -0.2) is 4.98 Å². The van der Waals surface area contributed by atoms with Gasteiger partial charge in [-0.3, -0.25) is 0 Å². The summed E-state index contributed by atoms with van der Waals surface area (Å²) in [5, 5.41) is 0.988. The summed E-state index contributed by atoms with van der Waals surface area (Å²) in [6.07, 6.45) is 0. The van der Waals surface area contributed by atoms with Crippen molar-refractivity contribution >= 4 is 16.6 Å². The van der Waals surface area contributed by atoms with Gasteiger partial charge in [0.05, 0.1) is 17.8 Å². The molecule has 0 spiro atoms. The minimum Gasteiger partial charge on any atom is -0.398 e. The Bertz CT molecular complexity index is 782. The van der Waals surface area contributed by atoms with Crippen LogP contribution >= 0.6 is 0 Å². The summed E-state index contributed by atoms with van der Waals surface area (Å²) < 4.78 is 5.27. The first-order chi connectivity index (χ1) is 10.2. The van der Waals surface area contributed by atoms with Crippen LogP contribution in [0.1, 0.15) is 11.1 Å². The van der Waals surface area contributed by atoms with E-state index in [1.165, 1.54) is 0 Å². The van der Waals surface area contributed by atoms with Gasteiger partial charge in [-0.15, -0.1) is 0 Å². The smallest absolute Gasteiger partial charge is 0.0785 e. The summed E-state index contributed by atoms with van der Waals surface area (Å²) in [4.78, 5) is 4.86. The van der Waals surface area contributed by atoms with Crippen molar-refractivity contribution in [1.82, 2.24) is 4.98 Å². The van der Waals surface area contributed by atoms with Crippen LogP contribution in [0.3, 0.4) is 0 Å². The van der Waals surface area contributed by atoms with Crippen molar-refractivity contribution in [2.45, 2.75) is 13.5 Å². The Balaban J connectivity index is 2.32. The standard InChI is InChI=1S/C18H18N2O/c1-12-16(19)15-10-6-9-14(11-21-2)18(15)20-17(12)13-7-4-3-5-8-13/h3-10H,11H2,1-2H3,(H2,19,20). The van der Waals surface area contributed by atoms with E-state index in [1.807, 2.05) is 43.3 Å². The molecule has 0 saturated carbocycles. The number of methoxy groups -OCH3 is 1. The van der Waals surface area contributed by atoms with E-state index in [0.717, 1.165) is 39.0 Å². The van der Waals surface area contributed by atoms with Gasteiger partial charge in [0.1, 0.15) is 0 Å². The second-order valence-electron chi connectivity index (χ2n) is 5.11. The lowest BCUT2D eigenvalue weighted by Crippen LogP contribution is -2.00. The summed E-state index contributed by atoms with van der Waals surface area (Å²) >= 11 is 0. The van der Waals surface area contributed by atoms with Crippen molar-refractivity contribution in [2.75, 3.05) is 12.8 Å². The molecular weight excluding hydrogens is 260 g/mol. The van der Waals surface area contributed by atoms with Crippen LogP contribution in [0.2, 0.25) is 0 Å². The van der Waals surface area contributed by atoms with Gasteiger partial charge >= 0.3 is 0 Å². The number of anilines is 1. The van der Waals surface area contributed by atoms with Crippen molar-refractivity contribution in [3.8, 4) is 11.3 Å². The SMILES string of the molecule is COCc1cccc2c(N)c(C)c(-c3ccccc3)nc12. The molecule has 3 nitrogen and oxygen atoms in total. The lowest BCUT2D eigenvalue weighted by atomic mass is 10.0. The Hall–Kier alpha value is -2.39. The first kappa shape index (κ1) is 13.6. The number of rotatable bonds is 3. The van der Waals surface area contributed by atoms with Crippen LogP contribution in [0.25, 0.3) is 22.2 Å². The zero-order valence-corrected chi connectivity index (χ0v) is 12.3. The maximum atomic E-state index is 6.34. The van der Waals surface area contributed by atoms with Gasteiger partial charge in [0.25, 0.3) is 0 Å². The largest absolute Gasteiger partial charge is 0.398 e. The Morgan fingerprint density at radius 3 is 2.52 bits per heavy atom. The van der Waals surface area contributed by atoms with E-state index < -0.39 is 0 Å². The molecule has 0 radical (unpaired) electrons. The fraction of sp³-hybridized carbons (Fsp3) is 0.167. The quantitative estimate of drug-likeness (QED) is 0.789. The number of hydrogen-bond donors (Lipinski definition) is 1. The van der Waals surface area contributed by atoms with Gasteiger partial charge in [0.2, 0.25) is 0 Å². The molecule has 1 aromatic heterocycles. The number of para-hydroxylation sites is 1. The first-order valence-corrected chi connectivity index (χ1v) is 6.94. The molecule has 3 rings (SSSR count).